The second-order valence-corrected chi connectivity index (χ2v) is 6.31. The van der Waals surface area contributed by atoms with Gasteiger partial charge in [-0.2, -0.15) is 0 Å². The van der Waals surface area contributed by atoms with Gasteiger partial charge in [-0.3, -0.25) is 4.79 Å². The molecule has 7 nitrogen and oxygen atoms in total. The monoisotopic (exact) mass is 380 g/mol. The zero-order chi connectivity index (χ0) is 19.6. The van der Waals surface area contributed by atoms with Gasteiger partial charge in [0.2, 0.25) is 5.60 Å². The molecule has 0 radical (unpaired) electrons. The van der Waals surface area contributed by atoms with Crippen LogP contribution in [0.4, 0.5) is 8.78 Å². The maximum Gasteiger partial charge on any atom is 0.335 e. The van der Waals surface area contributed by atoms with Crippen LogP contribution < -0.4 is 5.32 Å². The molecule has 0 saturated carbocycles. The molecule has 1 saturated heterocycles. The predicted molar refractivity (Wildman–Crippen MR) is 89.8 cm³/mol. The number of oxime groups is 1. The van der Waals surface area contributed by atoms with Gasteiger partial charge < -0.3 is 19.6 Å². The normalized spacial score (nSPS) is 26.9. The van der Waals surface area contributed by atoms with Gasteiger partial charge in [0.05, 0.1) is 25.5 Å². The lowest BCUT2D eigenvalue weighted by atomic mass is 9.92. The van der Waals surface area contributed by atoms with Crippen LogP contribution in [-0.4, -0.2) is 49.1 Å². The van der Waals surface area contributed by atoms with E-state index in [0.717, 1.165) is 18.2 Å². The van der Waals surface area contributed by atoms with Crippen LogP contribution in [0.25, 0.3) is 0 Å². The molecule has 3 atom stereocenters. The number of carbonyl (C=O) groups is 2. The Morgan fingerprint density at radius 1 is 1.37 bits per heavy atom. The first kappa shape index (κ1) is 19.0. The number of esters is 1. The highest BCUT2D eigenvalue weighted by Crippen LogP contribution is 2.29. The van der Waals surface area contributed by atoms with Crippen molar-refractivity contribution in [1.82, 2.24) is 5.32 Å². The van der Waals surface area contributed by atoms with Crippen molar-refractivity contribution in [2.75, 3.05) is 13.7 Å². The molecule has 0 unspecified atom stereocenters. The average molecular weight is 380 g/mol. The van der Waals surface area contributed by atoms with E-state index in [4.69, 9.17) is 9.57 Å². The van der Waals surface area contributed by atoms with Crippen LogP contribution in [0.2, 0.25) is 0 Å². The highest BCUT2D eigenvalue weighted by molar-refractivity contribution is 6.06. The third kappa shape index (κ3) is 3.82. The van der Waals surface area contributed by atoms with Gasteiger partial charge in [0.25, 0.3) is 5.91 Å². The predicted octanol–water partition coefficient (Wildman–Crippen LogP) is 1.46. The number of nitrogens with zero attached hydrogens (tertiary/aromatic N) is 1. The second kappa shape index (κ2) is 7.43. The maximum atomic E-state index is 13.4. The molecule has 9 heteroatoms. The van der Waals surface area contributed by atoms with Crippen LogP contribution in [0.3, 0.4) is 0 Å². The third-order valence-electron chi connectivity index (χ3n) is 4.46. The summed E-state index contributed by atoms with van der Waals surface area (Å²) in [5.74, 6) is -2.57. The van der Waals surface area contributed by atoms with Gasteiger partial charge >= 0.3 is 5.97 Å². The summed E-state index contributed by atoms with van der Waals surface area (Å²) in [6.07, 6.45) is 0.752. The van der Waals surface area contributed by atoms with E-state index in [9.17, 15) is 18.4 Å². The quantitative estimate of drug-likeness (QED) is 0.617. The molecule has 144 valence electrons. The molecule has 2 heterocycles. The highest BCUT2D eigenvalue weighted by atomic mass is 19.1. The van der Waals surface area contributed by atoms with Crippen LogP contribution in [0.1, 0.15) is 18.4 Å². The summed E-state index contributed by atoms with van der Waals surface area (Å²) in [5.41, 5.74) is -1.11. The molecule has 1 N–H and O–H groups in total. The number of methoxy groups -OCH3 is 1. The minimum Gasteiger partial charge on any atom is -0.467 e. The Balaban J connectivity index is 1.67. The molecule has 0 bridgehead atoms. The van der Waals surface area contributed by atoms with E-state index in [1.165, 1.54) is 13.2 Å². The van der Waals surface area contributed by atoms with Crippen molar-refractivity contribution in [3.63, 3.8) is 0 Å². The van der Waals surface area contributed by atoms with Crippen LogP contribution in [0.5, 0.6) is 0 Å². The van der Waals surface area contributed by atoms with E-state index in [0.29, 0.717) is 0 Å². The zero-order valence-corrected chi connectivity index (χ0v) is 14.5. The fourth-order valence-electron chi connectivity index (χ4n) is 2.98. The Bertz CT molecular complexity index is 793. The topological polar surface area (TPSA) is 86.2 Å². The van der Waals surface area contributed by atoms with E-state index in [1.807, 2.05) is 0 Å². The number of amides is 1. The van der Waals surface area contributed by atoms with Gasteiger partial charge in [-0.25, -0.2) is 13.6 Å². The van der Waals surface area contributed by atoms with E-state index in [2.05, 4.69) is 21.8 Å². The number of nitrogens with one attached hydrogen (secondary N) is 1. The Labute approximate surface area is 154 Å². The highest BCUT2D eigenvalue weighted by Gasteiger charge is 2.46. The summed E-state index contributed by atoms with van der Waals surface area (Å²) < 4.78 is 36.8. The van der Waals surface area contributed by atoms with Crippen LogP contribution >= 0.6 is 0 Å². The van der Waals surface area contributed by atoms with E-state index >= 15 is 0 Å². The van der Waals surface area contributed by atoms with Crippen molar-refractivity contribution in [2.24, 2.45) is 5.16 Å². The number of benzene rings is 1. The zero-order valence-electron chi connectivity index (χ0n) is 14.5. The van der Waals surface area contributed by atoms with Crippen molar-refractivity contribution in [1.29, 1.82) is 0 Å². The smallest absolute Gasteiger partial charge is 0.335 e. The number of ether oxygens (including phenoxy) is 2. The SMILES string of the molecule is C=C[C@]1(C(=O)N[C@@H]2CO[C@H](C(=O)OC)C2)CC(c2cc(F)cc(F)c2)=NO1. The molecule has 0 spiro atoms. The van der Waals surface area contributed by atoms with Gasteiger partial charge in [-0.1, -0.05) is 11.7 Å². The lowest BCUT2D eigenvalue weighted by Gasteiger charge is -2.23. The number of hydrogen-bond donors (Lipinski definition) is 1. The van der Waals surface area contributed by atoms with E-state index in [-0.39, 0.29) is 30.7 Å². The third-order valence-corrected chi connectivity index (χ3v) is 4.46. The maximum absolute atomic E-state index is 13.4. The number of carbonyl (C=O) groups excluding carboxylic acids is 2. The summed E-state index contributed by atoms with van der Waals surface area (Å²) >= 11 is 0. The Kier molecular flexibility index (Phi) is 5.22. The summed E-state index contributed by atoms with van der Waals surface area (Å²) in [6.45, 7) is 3.76. The Morgan fingerprint density at radius 3 is 2.70 bits per heavy atom. The minimum atomic E-state index is -1.51. The van der Waals surface area contributed by atoms with Gasteiger partial charge in [0.15, 0.2) is 6.10 Å². The van der Waals surface area contributed by atoms with E-state index < -0.39 is 41.3 Å². The van der Waals surface area contributed by atoms with Crippen molar-refractivity contribution in [3.8, 4) is 0 Å². The lowest BCUT2D eigenvalue weighted by Crippen LogP contribution is -2.49. The van der Waals surface area contributed by atoms with Crippen molar-refractivity contribution >= 4 is 17.6 Å². The molecular weight excluding hydrogens is 362 g/mol. The van der Waals surface area contributed by atoms with Gasteiger partial charge in [0.1, 0.15) is 11.6 Å². The summed E-state index contributed by atoms with van der Waals surface area (Å²) in [7, 11) is 1.25. The molecule has 2 aliphatic rings. The minimum absolute atomic E-state index is 0.0424. The Hall–Kier alpha value is -2.81. The molecular formula is C18H18F2N2O5. The van der Waals surface area contributed by atoms with Gasteiger partial charge in [-0.05, 0) is 18.2 Å². The fourth-order valence-corrected chi connectivity index (χ4v) is 2.98. The van der Waals surface area contributed by atoms with Gasteiger partial charge in [-0.15, -0.1) is 0 Å². The number of rotatable bonds is 5. The first-order valence-corrected chi connectivity index (χ1v) is 8.22. The van der Waals surface area contributed by atoms with Crippen molar-refractivity contribution < 1.29 is 32.7 Å². The molecule has 27 heavy (non-hydrogen) atoms. The Morgan fingerprint density at radius 2 is 2.07 bits per heavy atom. The van der Waals surface area contributed by atoms with E-state index in [1.54, 1.807) is 0 Å². The molecule has 1 fully saturated rings. The summed E-state index contributed by atoms with van der Waals surface area (Å²) in [5, 5.41) is 6.54. The molecule has 2 aliphatic heterocycles. The summed E-state index contributed by atoms with van der Waals surface area (Å²) in [6, 6.07) is 2.53. The second-order valence-electron chi connectivity index (χ2n) is 6.31. The summed E-state index contributed by atoms with van der Waals surface area (Å²) in [4.78, 5) is 29.5. The average Bonchev–Trinajstić information content (AvgIpc) is 3.28. The van der Waals surface area contributed by atoms with Crippen molar-refractivity contribution in [3.05, 3.63) is 48.1 Å². The van der Waals surface area contributed by atoms with Gasteiger partial charge in [0, 0.05) is 24.5 Å². The molecule has 3 rings (SSSR count). The van der Waals surface area contributed by atoms with Crippen LogP contribution in [0.15, 0.2) is 36.0 Å². The largest absolute Gasteiger partial charge is 0.467 e. The number of halogens is 2. The van der Waals surface area contributed by atoms with Crippen LogP contribution in [0, 0.1) is 11.6 Å². The molecule has 1 aromatic carbocycles. The molecule has 1 amide bonds. The van der Waals surface area contributed by atoms with Crippen molar-refractivity contribution in [2.45, 2.75) is 30.6 Å². The standard InChI is InChI=1S/C18H18F2N2O5/c1-3-18(17(24)21-13-7-15(26-9-13)16(23)25-2)8-14(22-27-18)10-4-11(19)6-12(20)5-10/h3-6,13,15H,1,7-9H2,2H3,(H,21,24)/t13-,15-,18+/m0/s1. The number of hydrogen-bond acceptors (Lipinski definition) is 6. The molecule has 0 aliphatic carbocycles. The first-order chi connectivity index (χ1) is 12.9. The fraction of sp³-hybridized carbons (Fsp3) is 0.389. The first-order valence-electron chi connectivity index (χ1n) is 8.22. The lowest BCUT2D eigenvalue weighted by molar-refractivity contribution is -0.151. The molecule has 0 aromatic heterocycles. The van der Waals surface area contributed by atoms with Crippen LogP contribution in [-0.2, 0) is 23.9 Å². The molecule has 1 aromatic rings.